The van der Waals surface area contributed by atoms with E-state index in [4.69, 9.17) is 0 Å². The van der Waals surface area contributed by atoms with Gasteiger partial charge in [-0.2, -0.15) is 5.10 Å². The lowest BCUT2D eigenvalue weighted by atomic mass is 9.75. The lowest BCUT2D eigenvalue weighted by Gasteiger charge is -2.51. The number of hydrogen-bond acceptors (Lipinski definition) is 4. The van der Waals surface area contributed by atoms with Crippen LogP contribution < -0.4 is 5.32 Å². The summed E-state index contributed by atoms with van der Waals surface area (Å²) in [5.74, 6) is 1.33. The zero-order valence-electron chi connectivity index (χ0n) is 16.1. The molecule has 1 aromatic heterocycles. The number of nitrogens with zero attached hydrogens (tertiary/aromatic N) is 4. The Morgan fingerprint density at radius 1 is 1.18 bits per heavy atom. The van der Waals surface area contributed by atoms with Crippen LogP contribution in [0.2, 0.25) is 0 Å². The largest absolute Gasteiger partial charge is 0.308 e. The third-order valence-corrected chi connectivity index (χ3v) is 6.72. The Labute approximate surface area is 164 Å². The molecule has 4 aliphatic rings. The fraction of sp³-hybridized carbons (Fsp3) is 0.524. The van der Waals surface area contributed by atoms with Gasteiger partial charge in [-0.1, -0.05) is 12.1 Å². The third kappa shape index (κ3) is 3.12. The van der Waals surface area contributed by atoms with E-state index in [9.17, 15) is 9.18 Å². The third-order valence-electron chi connectivity index (χ3n) is 6.72. The van der Waals surface area contributed by atoms with Crippen LogP contribution in [-0.2, 0) is 11.8 Å². The number of carbonyl (C=O) groups excluding carboxylic acids is 1. The quantitative estimate of drug-likeness (QED) is 0.878. The fourth-order valence-corrected chi connectivity index (χ4v) is 5.57. The van der Waals surface area contributed by atoms with Crippen LogP contribution in [-0.4, -0.2) is 63.8 Å². The highest BCUT2D eigenvalue weighted by molar-refractivity contribution is 5.91. The molecule has 0 aliphatic carbocycles. The molecule has 0 spiro atoms. The number of aryl methyl sites for hydroxylation is 1. The van der Waals surface area contributed by atoms with Crippen LogP contribution >= 0.6 is 0 Å². The molecule has 5 heterocycles. The van der Waals surface area contributed by atoms with Gasteiger partial charge < -0.3 is 5.32 Å². The molecule has 4 saturated heterocycles. The molecule has 148 valence electrons. The molecular weight excluding hydrogens is 357 g/mol. The number of aromatic nitrogens is 2. The smallest absolute Gasteiger partial charge is 0.239 e. The maximum Gasteiger partial charge on any atom is 0.239 e. The van der Waals surface area contributed by atoms with Crippen molar-refractivity contribution in [3.63, 3.8) is 0 Å². The van der Waals surface area contributed by atoms with Crippen molar-refractivity contribution < 1.29 is 9.18 Å². The van der Waals surface area contributed by atoms with E-state index in [1.165, 1.54) is 18.4 Å². The summed E-state index contributed by atoms with van der Waals surface area (Å²) >= 11 is 0. The van der Waals surface area contributed by atoms with Crippen LogP contribution in [0.3, 0.4) is 0 Å². The minimum atomic E-state index is -0.199. The first-order valence-corrected chi connectivity index (χ1v) is 10.1. The summed E-state index contributed by atoms with van der Waals surface area (Å²) in [5, 5.41) is 7.15. The number of hydrogen-bond donors (Lipinski definition) is 1. The van der Waals surface area contributed by atoms with Crippen molar-refractivity contribution in [2.45, 2.75) is 30.8 Å². The van der Waals surface area contributed by atoms with Gasteiger partial charge in [0.15, 0.2) is 5.82 Å². The Morgan fingerprint density at radius 2 is 1.93 bits per heavy atom. The van der Waals surface area contributed by atoms with Crippen LogP contribution in [0.5, 0.6) is 0 Å². The number of nitrogens with one attached hydrogen (secondary N) is 1. The second kappa shape index (κ2) is 6.97. The van der Waals surface area contributed by atoms with Gasteiger partial charge in [0.05, 0.1) is 6.54 Å². The van der Waals surface area contributed by atoms with E-state index in [0.29, 0.717) is 36.3 Å². The first-order chi connectivity index (χ1) is 13.6. The highest BCUT2D eigenvalue weighted by Crippen LogP contribution is 2.46. The number of rotatable bonds is 4. The number of likely N-dealkylation sites (tertiary alicyclic amines) is 1. The standard InChI is InChI=1S/C21H26FN5O/c1-25-9-8-18(24-25)23-19(28)13-27-12-17(14-2-4-16(22)5-3-14)21-20(27)15-6-10-26(21)11-7-15/h2-5,8-9,15,17,20-21H,6-7,10-13H2,1H3,(H,23,24,28)/t17-,20+,21+/m0/s1. The average molecular weight is 383 g/mol. The Balaban J connectivity index is 1.37. The molecule has 7 heteroatoms. The summed E-state index contributed by atoms with van der Waals surface area (Å²) in [5.41, 5.74) is 1.18. The first kappa shape index (κ1) is 17.8. The minimum absolute atomic E-state index is 0.0198. The monoisotopic (exact) mass is 383 g/mol. The topological polar surface area (TPSA) is 53.4 Å². The summed E-state index contributed by atoms with van der Waals surface area (Å²) in [6, 6.07) is 9.55. The summed E-state index contributed by atoms with van der Waals surface area (Å²) in [4.78, 5) is 17.6. The Bertz CT molecular complexity index is 858. The molecule has 6 rings (SSSR count). The van der Waals surface area contributed by atoms with Gasteiger partial charge in [0.2, 0.25) is 5.91 Å². The molecule has 1 aromatic carbocycles. The molecule has 0 saturated carbocycles. The molecule has 2 aromatic rings. The van der Waals surface area contributed by atoms with Crippen LogP contribution in [0.1, 0.15) is 24.3 Å². The van der Waals surface area contributed by atoms with E-state index in [1.807, 2.05) is 25.4 Å². The number of piperidine rings is 3. The maximum absolute atomic E-state index is 13.4. The van der Waals surface area contributed by atoms with Crippen LogP contribution in [0.25, 0.3) is 0 Å². The van der Waals surface area contributed by atoms with Crippen molar-refractivity contribution in [2.24, 2.45) is 13.0 Å². The summed E-state index contributed by atoms with van der Waals surface area (Å²) < 4.78 is 15.1. The molecule has 1 amide bonds. The molecular formula is C21H26FN5O. The Kier molecular flexibility index (Phi) is 4.44. The van der Waals surface area contributed by atoms with E-state index >= 15 is 0 Å². The van der Waals surface area contributed by atoms with Crippen molar-refractivity contribution >= 4 is 11.7 Å². The number of carbonyl (C=O) groups is 1. The van der Waals surface area contributed by atoms with E-state index < -0.39 is 0 Å². The van der Waals surface area contributed by atoms with Crippen molar-refractivity contribution in [2.75, 3.05) is 31.5 Å². The van der Waals surface area contributed by atoms with Crippen molar-refractivity contribution in [1.29, 1.82) is 0 Å². The summed E-state index contributed by atoms with van der Waals surface area (Å²) in [6.45, 7) is 3.48. The maximum atomic E-state index is 13.4. The van der Waals surface area contributed by atoms with E-state index in [1.54, 1.807) is 22.9 Å². The zero-order valence-corrected chi connectivity index (χ0v) is 16.1. The number of anilines is 1. The molecule has 1 N–H and O–H groups in total. The second-order valence-corrected chi connectivity index (χ2v) is 8.36. The second-order valence-electron chi connectivity index (χ2n) is 8.36. The molecule has 6 nitrogen and oxygen atoms in total. The van der Waals surface area contributed by atoms with Crippen molar-refractivity contribution in [1.82, 2.24) is 19.6 Å². The van der Waals surface area contributed by atoms with Gasteiger partial charge in [-0.05, 0) is 49.5 Å². The average Bonchev–Trinajstić information content (AvgIpc) is 3.28. The molecule has 28 heavy (non-hydrogen) atoms. The Hall–Kier alpha value is -2.25. The lowest BCUT2D eigenvalue weighted by molar-refractivity contribution is -0.118. The lowest BCUT2D eigenvalue weighted by Crippen LogP contribution is -2.60. The summed E-state index contributed by atoms with van der Waals surface area (Å²) in [7, 11) is 1.83. The fourth-order valence-electron chi connectivity index (χ4n) is 5.57. The SMILES string of the molecule is Cn1ccc(NC(=O)CN2C[C@@H](c3ccc(F)cc3)[C@@H]3[C@H]2C2CCN3CC2)n1. The minimum Gasteiger partial charge on any atom is -0.308 e. The van der Waals surface area contributed by atoms with Crippen molar-refractivity contribution in [3.8, 4) is 0 Å². The molecule has 3 atom stereocenters. The number of halogens is 1. The van der Waals surface area contributed by atoms with Crippen LogP contribution in [0.4, 0.5) is 10.2 Å². The van der Waals surface area contributed by atoms with E-state index in [2.05, 4.69) is 20.2 Å². The van der Waals surface area contributed by atoms with Gasteiger partial charge in [0.1, 0.15) is 5.82 Å². The van der Waals surface area contributed by atoms with Gasteiger partial charge >= 0.3 is 0 Å². The van der Waals surface area contributed by atoms with Gasteiger partial charge in [-0.3, -0.25) is 19.3 Å². The number of fused-ring (bicyclic) bond motifs is 2. The predicted molar refractivity (Wildman–Crippen MR) is 104 cm³/mol. The number of benzene rings is 1. The van der Waals surface area contributed by atoms with Gasteiger partial charge in [-0.25, -0.2) is 4.39 Å². The zero-order chi connectivity index (χ0) is 19.3. The molecule has 4 aliphatic heterocycles. The number of amides is 1. The Morgan fingerprint density at radius 3 is 2.61 bits per heavy atom. The molecule has 4 fully saturated rings. The molecule has 0 radical (unpaired) electrons. The van der Waals surface area contributed by atoms with Gasteiger partial charge in [0, 0.05) is 43.9 Å². The van der Waals surface area contributed by atoms with Gasteiger partial charge in [0.25, 0.3) is 0 Å². The first-order valence-electron chi connectivity index (χ1n) is 10.1. The highest BCUT2D eigenvalue weighted by Gasteiger charge is 2.53. The van der Waals surface area contributed by atoms with E-state index in [-0.39, 0.29) is 11.7 Å². The van der Waals surface area contributed by atoms with Crippen LogP contribution in [0.15, 0.2) is 36.5 Å². The predicted octanol–water partition coefficient (Wildman–Crippen LogP) is 2.06. The molecule has 2 bridgehead atoms. The van der Waals surface area contributed by atoms with E-state index in [0.717, 1.165) is 19.6 Å². The van der Waals surface area contributed by atoms with Crippen LogP contribution in [0, 0.1) is 11.7 Å². The highest BCUT2D eigenvalue weighted by atomic mass is 19.1. The molecule has 0 unspecified atom stereocenters. The summed E-state index contributed by atoms with van der Waals surface area (Å²) in [6.07, 6.45) is 4.23. The van der Waals surface area contributed by atoms with Gasteiger partial charge in [-0.15, -0.1) is 0 Å². The van der Waals surface area contributed by atoms with Crippen molar-refractivity contribution in [3.05, 3.63) is 47.9 Å². The normalized spacial score (nSPS) is 31.7.